The van der Waals surface area contributed by atoms with Crippen LogP contribution in [0.15, 0.2) is 23.1 Å². The third kappa shape index (κ3) is 2.87. The van der Waals surface area contributed by atoms with Crippen molar-refractivity contribution in [3.05, 3.63) is 35.4 Å². The van der Waals surface area contributed by atoms with Crippen LogP contribution in [0.1, 0.15) is 30.3 Å². The van der Waals surface area contributed by atoms with Crippen molar-refractivity contribution in [1.29, 1.82) is 0 Å². The summed E-state index contributed by atoms with van der Waals surface area (Å²) >= 11 is 0. The number of ether oxygens (including phenoxy) is 1. The van der Waals surface area contributed by atoms with Crippen LogP contribution in [0.5, 0.6) is 0 Å². The van der Waals surface area contributed by atoms with Gasteiger partial charge in [-0.2, -0.15) is 5.10 Å². The average molecular weight is 444 g/mol. The molecule has 3 aliphatic rings. The Morgan fingerprint density at radius 1 is 1.26 bits per heavy atom. The monoisotopic (exact) mass is 444 g/mol. The van der Waals surface area contributed by atoms with Crippen molar-refractivity contribution in [3.8, 4) is 22.8 Å². The van der Waals surface area contributed by atoms with Gasteiger partial charge in [-0.05, 0) is 25.5 Å². The van der Waals surface area contributed by atoms with Gasteiger partial charge in [0.2, 0.25) is 0 Å². The van der Waals surface area contributed by atoms with Crippen molar-refractivity contribution in [1.82, 2.24) is 29.9 Å². The first-order valence-corrected chi connectivity index (χ1v) is 12.0. The van der Waals surface area contributed by atoms with E-state index in [1.807, 2.05) is 9.25 Å². The molecular formula is C20H21FN6O3S. The van der Waals surface area contributed by atoms with Crippen LogP contribution in [0.3, 0.4) is 0 Å². The Hall–Kier alpha value is -2.63. The SMILES string of the molecule is O=S1(=O)Cc2c(-c3nnc4n3CCOC4)nn(C3CCCNC3)c2-c2cccc(F)c21. The molecule has 11 heteroatoms. The normalized spacial score (nSPS) is 21.9. The second-order valence-electron chi connectivity index (χ2n) is 8.14. The van der Waals surface area contributed by atoms with Gasteiger partial charge in [-0.3, -0.25) is 4.68 Å². The molecule has 162 valence electrons. The number of benzene rings is 1. The van der Waals surface area contributed by atoms with Crippen LogP contribution in [0, 0.1) is 5.82 Å². The van der Waals surface area contributed by atoms with E-state index in [1.54, 1.807) is 12.1 Å². The second-order valence-corrected chi connectivity index (χ2v) is 10.1. The number of aromatic nitrogens is 5. The van der Waals surface area contributed by atoms with E-state index < -0.39 is 15.7 Å². The van der Waals surface area contributed by atoms with Crippen LogP contribution < -0.4 is 5.32 Å². The Labute approximate surface area is 178 Å². The maximum Gasteiger partial charge on any atom is 0.186 e. The lowest BCUT2D eigenvalue weighted by molar-refractivity contribution is 0.0820. The summed E-state index contributed by atoms with van der Waals surface area (Å²) in [4.78, 5) is -0.240. The molecule has 0 radical (unpaired) electrons. The van der Waals surface area contributed by atoms with Crippen molar-refractivity contribution in [3.63, 3.8) is 0 Å². The van der Waals surface area contributed by atoms with Crippen LogP contribution in [0.4, 0.5) is 4.39 Å². The first kappa shape index (κ1) is 19.1. The molecule has 0 aliphatic carbocycles. The zero-order valence-electron chi connectivity index (χ0n) is 16.7. The van der Waals surface area contributed by atoms with Crippen molar-refractivity contribution >= 4 is 9.84 Å². The molecule has 1 aromatic carbocycles. The number of hydrogen-bond donors (Lipinski definition) is 1. The Balaban J connectivity index is 1.63. The van der Waals surface area contributed by atoms with Gasteiger partial charge in [-0.25, -0.2) is 12.8 Å². The Bertz CT molecular complexity index is 1290. The minimum Gasteiger partial charge on any atom is -0.372 e. The van der Waals surface area contributed by atoms with Crippen molar-refractivity contribution in [2.45, 2.75) is 42.7 Å². The molecule has 3 aromatic rings. The lowest BCUT2D eigenvalue weighted by Crippen LogP contribution is -2.32. The number of nitrogens with zero attached hydrogens (tertiary/aromatic N) is 5. The smallest absolute Gasteiger partial charge is 0.186 e. The van der Waals surface area contributed by atoms with E-state index in [4.69, 9.17) is 9.84 Å². The van der Waals surface area contributed by atoms with Gasteiger partial charge in [0.1, 0.15) is 23.0 Å². The molecule has 9 nitrogen and oxygen atoms in total. The Kier molecular flexibility index (Phi) is 4.27. The molecule has 3 aliphatic heterocycles. The lowest BCUT2D eigenvalue weighted by atomic mass is 10.0. The second kappa shape index (κ2) is 6.94. The number of halogens is 1. The van der Waals surface area contributed by atoms with Crippen molar-refractivity contribution in [2.75, 3.05) is 19.7 Å². The van der Waals surface area contributed by atoms with E-state index in [0.717, 1.165) is 25.9 Å². The molecule has 0 saturated carbocycles. The summed E-state index contributed by atoms with van der Waals surface area (Å²) in [5, 5.41) is 16.8. The van der Waals surface area contributed by atoms with Crippen molar-refractivity contribution in [2.24, 2.45) is 0 Å². The van der Waals surface area contributed by atoms with Gasteiger partial charge >= 0.3 is 0 Å². The summed E-state index contributed by atoms with van der Waals surface area (Å²) in [5.74, 6) is 0.183. The number of nitrogens with one attached hydrogen (secondary N) is 1. The third-order valence-electron chi connectivity index (χ3n) is 6.22. The quantitative estimate of drug-likeness (QED) is 0.641. The summed E-state index contributed by atoms with van der Waals surface area (Å²) < 4.78 is 50.1. The zero-order chi connectivity index (χ0) is 21.2. The van der Waals surface area contributed by atoms with Gasteiger partial charge in [0, 0.05) is 24.2 Å². The fourth-order valence-electron chi connectivity index (χ4n) is 4.82. The van der Waals surface area contributed by atoms with E-state index in [0.29, 0.717) is 53.9 Å². The fourth-order valence-corrected chi connectivity index (χ4v) is 6.49. The van der Waals surface area contributed by atoms with Gasteiger partial charge in [0.25, 0.3) is 0 Å². The zero-order valence-corrected chi connectivity index (χ0v) is 17.5. The van der Waals surface area contributed by atoms with Crippen molar-refractivity contribution < 1.29 is 17.5 Å². The molecule has 2 aromatic heterocycles. The molecule has 1 unspecified atom stereocenters. The largest absolute Gasteiger partial charge is 0.372 e. The van der Waals surface area contributed by atoms with E-state index in [9.17, 15) is 12.8 Å². The Morgan fingerprint density at radius 3 is 3.00 bits per heavy atom. The van der Waals surface area contributed by atoms with Crippen LogP contribution in [0.25, 0.3) is 22.8 Å². The minimum absolute atomic E-state index is 0.0419. The van der Waals surface area contributed by atoms with E-state index in [-0.39, 0.29) is 16.7 Å². The highest BCUT2D eigenvalue weighted by Crippen LogP contribution is 2.44. The summed E-state index contributed by atoms with van der Waals surface area (Å²) in [6, 6.07) is 4.45. The van der Waals surface area contributed by atoms with E-state index in [1.165, 1.54) is 6.07 Å². The molecule has 31 heavy (non-hydrogen) atoms. The van der Waals surface area contributed by atoms with Crippen LogP contribution >= 0.6 is 0 Å². The summed E-state index contributed by atoms with van der Waals surface area (Å²) in [6.45, 7) is 3.11. The highest BCUT2D eigenvalue weighted by molar-refractivity contribution is 7.91. The van der Waals surface area contributed by atoms with E-state index >= 15 is 0 Å². The topological polar surface area (TPSA) is 104 Å². The number of fused-ring (bicyclic) bond motifs is 4. The molecule has 0 amide bonds. The fraction of sp³-hybridized carbons (Fsp3) is 0.450. The van der Waals surface area contributed by atoms with Crippen LogP contribution in [0.2, 0.25) is 0 Å². The van der Waals surface area contributed by atoms with Crippen LogP contribution in [-0.4, -0.2) is 52.7 Å². The van der Waals surface area contributed by atoms with Gasteiger partial charge in [0.05, 0.1) is 24.1 Å². The number of sulfone groups is 1. The van der Waals surface area contributed by atoms with E-state index in [2.05, 4.69) is 15.5 Å². The summed E-state index contributed by atoms with van der Waals surface area (Å²) in [5.41, 5.74) is 2.09. The molecule has 5 heterocycles. The lowest BCUT2D eigenvalue weighted by Gasteiger charge is -2.27. The molecule has 0 bridgehead atoms. The predicted octanol–water partition coefficient (Wildman–Crippen LogP) is 1.69. The number of hydrogen-bond acceptors (Lipinski definition) is 7. The molecule has 1 atom stereocenters. The number of rotatable bonds is 2. The first-order chi connectivity index (χ1) is 15.0. The van der Waals surface area contributed by atoms with Gasteiger partial charge < -0.3 is 14.6 Å². The highest BCUT2D eigenvalue weighted by atomic mass is 32.2. The molecule has 0 spiro atoms. The van der Waals surface area contributed by atoms with Crippen LogP contribution in [-0.2, 0) is 33.5 Å². The molecule has 6 rings (SSSR count). The highest BCUT2D eigenvalue weighted by Gasteiger charge is 2.39. The summed E-state index contributed by atoms with van der Waals surface area (Å²) in [6.07, 6.45) is 1.89. The van der Waals surface area contributed by atoms with Gasteiger partial charge in [-0.15, -0.1) is 10.2 Å². The average Bonchev–Trinajstić information content (AvgIpc) is 3.35. The summed E-state index contributed by atoms with van der Waals surface area (Å²) in [7, 11) is -3.86. The third-order valence-corrected chi connectivity index (χ3v) is 7.93. The Morgan fingerprint density at radius 2 is 2.16 bits per heavy atom. The number of piperidine rings is 1. The minimum atomic E-state index is -3.86. The maximum atomic E-state index is 14.7. The van der Waals surface area contributed by atoms with Gasteiger partial charge in [0.15, 0.2) is 21.5 Å². The molecular weight excluding hydrogens is 423 g/mol. The molecule has 1 fully saturated rings. The predicted molar refractivity (Wildman–Crippen MR) is 108 cm³/mol. The molecule has 1 N–H and O–H groups in total. The van der Waals surface area contributed by atoms with Gasteiger partial charge in [-0.1, -0.05) is 12.1 Å². The molecule has 1 saturated heterocycles. The first-order valence-electron chi connectivity index (χ1n) is 10.4. The standard InChI is InChI=1S/C20H21FN6O3S/c21-15-5-1-4-13-18-14(11-31(28,29)19(13)15)17(25-27(18)12-3-2-6-22-9-12)20-24-23-16-10-30-8-7-26(16)20/h1,4-5,12,22H,2-3,6-11H2. The maximum absolute atomic E-state index is 14.7.